The van der Waals surface area contributed by atoms with E-state index in [-0.39, 0.29) is 65.0 Å². The number of aromatic nitrogens is 2. The third-order valence-corrected chi connectivity index (χ3v) is 7.03. The fourth-order valence-electron chi connectivity index (χ4n) is 4.25. The van der Waals surface area contributed by atoms with Gasteiger partial charge in [0.1, 0.15) is 24.4 Å². The number of carbonyl (C=O) groups excluding carboxylic acids is 1. The quantitative estimate of drug-likeness (QED) is 0.250. The van der Waals surface area contributed by atoms with E-state index >= 15 is 0 Å². The first-order chi connectivity index (χ1) is 19.5. The Morgan fingerprint density at radius 3 is 2.56 bits per heavy atom. The summed E-state index contributed by atoms with van der Waals surface area (Å²) >= 11 is 3.38. The minimum atomic E-state index is -1.28. The van der Waals surface area contributed by atoms with E-state index < -0.39 is 5.97 Å². The molecule has 0 unspecified atom stereocenters. The van der Waals surface area contributed by atoms with E-state index in [9.17, 15) is 15.2 Å². The number of carboxylic acid groups (broad SMARTS) is 1. The van der Waals surface area contributed by atoms with Crippen molar-refractivity contribution < 1.29 is 58.1 Å². The molecule has 1 aliphatic heterocycles. The summed E-state index contributed by atoms with van der Waals surface area (Å²) in [5, 5.41) is 21.3. The molecule has 1 fully saturated rings. The topological polar surface area (TPSA) is 134 Å². The molecule has 0 atom stereocenters. The molecule has 0 saturated carbocycles. The monoisotopic (exact) mass is 626 g/mol. The number of morpholine rings is 1. The number of carbonyl (C=O) groups is 1. The number of nitrogens with zero attached hydrogens (tertiary/aromatic N) is 4. The second-order valence-corrected chi connectivity index (χ2v) is 9.65. The van der Waals surface area contributed by atoms with Gasteiger partial charge < -0.3 is 33.4 Å². The molecule has 10 nitrogen and oxygen atoms in total. The van der Waals surface area contributed by atoms with Crippen molar-refractivity contribution in [2.75, 3.05) is 37.8 Å². The van der Waals surface area contributed by atoms with Crippen LogP contribution in [0, 0.1) is 11.3 Å². The Morgan fingerprint density at radius 2 is 1.90 bits per heavy atom. The summed E-state index contributed by atoms with van der Waals surface area (Å²) in [4.78, 5) is 22.4. The van der Waals surface area contributed by atoms with Crippen molar-refractivity contribution in [3.8, 4) is 40.6 Å². The number of anilines is 1. The molecule has 5 rings (SSSR count). The van der Waals surface area contributed by atoms with Gasteiger partial charge in [-0.25, -0.2) is 9.97 Å². The fourth-order valence-corrected chi connectivity index (χ4v) is 4.74. The summed E-state index contributed by atoms with van der Waals surface area (Å²) in [7, 11) is 0. The zero-order valence-electron chi connectivity index (χ0n) is 22.6. The standard InChI is InChI=1S/C29H25BrN4O6.Na/c1-2-38-26-16-32-27(40-26)22-14-25(18-5-7-21(8-6-18)34-9-11-37-12-10-34)33-28(23(22)15-31)39-17-20-4-3-19(29(35)36)13-24(20)30;/h3-8,13-14,16H,2,9-12,17H2,1H3,(H,35,36);/q;+1/p-1. The van der Waals surface area contributed by atoms with Gasteiger partial charge in [-0.3, -0.25) is 0 Å². The third kappa shape index (κ3) is 7.09. The number of halogens is 1. The molecule has 1 saturated heterocycles. The fraction of sp³-hybridized carbons (Fsp3) is 0.241. The van der Waals surface area contributed by atoms with Crippen LogP contribution in [-0.4, -0.2) is 48.8 Å². The number of nitriles is 1. The van der Waals surface area contributed by atoms with E-state index in [0.717, 1.165) is 24.3 Å². The normalized spacial score (nSPS) is 12.8. The predicted molar refractivity (Wildman–Crippen MR) is 147 cm³/mol. The minimum absolute atomic E-state index is 0. The Morgan fingerprint density at radius 1 is 1.15 bits per heavy atom. The van der Waals surface area contributed by atoms with Crippen LogP contribution in [0.1, 0.15) is 28.4 Å². The molecule has 4 aromatic rings. The molecule has 3 heterocycles. The number of pyridine rings is 1. The van der Waals surface area contributed by atoms with Crippen molar-refractivity contribution in [3.05, 3.63) is 75.9 Å². The molecule has 12 heteroatoms. The Hall–Kier alpha value is -3.40. The molecule has 204 valence electrons. The van der Waals surface area contributed by atoms with Gasteiger partial charge in [0.25, 0.3) is 0 Å². The average Bonchev–Trinajstić information content (AvgIpc) is 3.45. The van der Waals surface area contributed by atoms with E-state index in [0.29, 0.717) is 41.1 Å². The van der Waals surface area contributed by atoms with Crippen molar-refractivity contribution >= 4 is 27.6 Å². The van der Waals surface area contributed by atoms with Gasteiger partial charge in [0, 0.05) is 34.4 Å². The van der Waals surface area contributed by atoms with Gasteiger partial charge in [-0.1, -0.05) is 40.2 Å². The molecule has 41 heavy (non-hydrogen) atoms. The van der Waals surface area contributed by atoms with Crippen molar-refractivity contribution in [3.63, 3.8) is 0 Å². The number of aromatic carboxylic acids is 1. The average molecular weight is 627 g/mol. The second-order valence-electron chi connectivity index (χ2n) is 8.79. The van der Waals surface area contributed by atoms with Gasteiger partial charge in [-0.2, -0.15) is 5.26 Å². The van der Waals surface area contributed by atoms with E-state index in [1.807, 2.05) is 31.2 Å². The van der Waals surface area contributed by atoms with Gasteiger partial charge in [0.15, 0.2) is 0 Å². The maximum absolute atomic E-state index is 11.2. The van der Waals surface area contributed by atoms with Crippen molar-refractivity contribution in [1.82, 2.24) is 9.97 Å². The molecule has 0 radical (unpaired) electrons. The minimum Gasteiger partial charge on any atom is -0.545 e. The zero-order chi connectivity index (χ0) is 28.1. The summed E-state index contributed by atoms with van der Waals surface area (Å²) in [6, 6.07) is 16.3. The zero-order valence-corrected chi connectivity index (χ0v) is 26.1. The Labute approximate surface area is 267 Å². The Kier molecular flexibility index (Phi) is 10.4. The number of hydrogen-bond donors (Lipinski definition) is 0. The first kappa shape index (κ1) is 30.6. The second kappa shape index (κ2) is 14.0. The first-order valence-corrected chi connectivity index (χ1v) is 13.4. The van der Waals surface area contributed by atoms with E-state index in [1.54, 1.807) is 12.1 Å². The van der Waals surface area contributed by atoms with Crippen LogP contribution in [0.2, 0.25) is 0 Å². The molecule has 0 spiro atoms. The molecule has 0 N–H and O–H groups in total. The van der Waals surface area contributed by atoms with E-state index in [2.05, 4.69) is 36.9 Å². The number of benzene rings is 2. The maximum atomic E-state index is 11.2. The molecule has 1 aliphatic rings. The van der Waals surface area contributed by atoms with Crippen LogP contribution in [0.3, 0.4) is 0 Å². The first-order valence-electron chi connectivity index (χ1n) is 12.6. The Balaban J connectivity index is 0.00000387. The van der Waals surface area contributed by atoms with Crippen molar-refractivity contribution in [2.24, 2.45) is 0 Å². The maximum Gasteiger partial charge on any atom is 1.00 e. The van der Waals surface area contributed by atoms with Crippen LogP contribution in [0.4, 0.5) is 5.69 Å². The summed E-state index contributed by atoms with van der Waals surface area (Å²) in [6.07, 6.45) is 1.45. The van der Waals surface area contributed by atoms with Crippen LogP contribution in [0.25, 0.3) is 22.7 Å². The van der Waals surface area contributed by atoms with Crippen molar-refractivity contribution in [2.45, 2.75) is 13.5 Å². The number of ether oxygens (including phenoxy) is 3. The number of carboxylic acids is 1. The van der Waals surface area contributed by atoms with Gasteiger partial charge >= 0.3 is 35.5 Å². The largest absolute Gasteiger partial charge is 1.00 e. The van der Waals surface area contributed by atoms with Crippen LogP contribution in [-0.2, 0) is 11.3 Å². The predicted octanol–water partition coefficient (Wildman–Crippen LogP) is 1.22. The SMILES string of the molecule is CCOc1cnc(-c2cc(-c3ccc(N4CCOCC4)cc3)nc(OCc3ccc(C(=O)[O-])cc3Br)c2C#N)o1.[Na+]. The summed E-state index contributed by atoms with van der Waals surface area (Å²) in [5.74, 6) is -0.776. The van der Waals surface area contributed by atoms with Crippen molar-refractivity contribution in [1.29, 1.82) is 5.26 Å². The van der Waals surface area contributed by atoms with Gasteiger partial charge in [-0.05, 0) is 36.8 Å². The molecule has 0 amide bonds. The van der Waals surface area contributed by atoms with Crippen LogP contribution >= 0.6 is 15.9 Å². The molecule has 0 bridgehead atoms. The molecular formula is C29H24BrN4NaO6. The number of oxazole rings is 1. The van der Waals surface area contributed by atoms with Gasteiger partial charge in [0.05, 0.1) is 37.0 Å². The van der Waals surface area contributed by atoms with Crippen LogP contribution in [0.5, 0.6) is 11.8 Å². The molecule has 0 aliphatic carbocycles. The number of rotatable bonds is 9. The van der Waals surface area contributed by atoms with Gasteiger partial charge in [-0.15, -0.1) is 0 Å². The summed E-state index contributed by atoms with van der Waals surface area (Å²) in [6.45, 7) is 5.27. The summed E-state index contributed by atoms with van der Waals surface area (Å²) in [5.41, 5.74) is 3.68. The van der Waals surface area contributed by atoms with E-state index in [4.69, 9.17) is 18.6 Å². The molecule has 2 aromatic heterocycles. The molecule has 2 aromatic carbocycles. The Bertz CT molecular complexity index is 1560. The molecular weight excluding hydrogens is 603 g/mol. The van der Waals surface area contributed by atoms with E-state index in [1.165, 1.54) is 18.3 Å². The summed E-state index contributed by atoms with van der Waals surface area (Å²) < 4.78 is 23.2. The van der Waals surface area contributed by atoms with Gasteiger partial charge in [0.2, 0.25) is 11.8 Å². The van der Waals surface area contributed by atoms with Crippen LogP contribution < -0.4 is 49.0 Å². The number of hydrogen-bond acceptors (Lipinski definition) is 10. The third-order valence-electron chi connectivity index (χ3n) is 6.29. The van der Waals surface area contributed by atoms with Crippen LogP contribution in [0.15, 0.2) is 63.6 Å². The smallest absolute Gasteiger partial charge is 0.545 e.